The lowest BCUT2D eigenvalue weighted by molar-refractivity contribution is 0.288. The van der Waals surface area contributed by atoms with E-state index in [1.165, 1.54) is 12.1 Å². The first-order chi connectivity index (χ1) is 13.0. The van der Waals surface area contributed by atoms with Gasteiger partial charge in [0.2, 0.25) is 0 Å². The van der Waals surface area contributed by atoms with Crippen LogP contribution in [0.25, 0.3) is 0 Å². The lowest BCUT2D eigenvalue weighted by Gasteiger charge is -2.29. The van der Waals surface area contributed by atoms with E-state index in [4.69, 9.17) is 33.0 Å². The van der Waals surface area contributed by atoms with Gasteiger partial charge < -0.3 is 9.64 Å². The topological polar surface area (TPSA) is 28.1 Å². The van der Waals surface area contributed by atoms with Crippen molar-refractivity contribution < 1.29 is 9.13 Å². The summed E-state index contributed by atoms with van der Waals surface area (Å²) in [4.78, 5) is 2.18. The summed E-state index contributed by atoms with van der Waals surface area (Å²) in [5.74, 6) is 0.355. The third-order valence-electron chi connectivity index (χ3n) is 4.77. The maximum absolute atomic E-state index is 13.1. The molecule has 0 spiro atoms. The Bertz CT molecular complexity index is 927. The predicted octanol–water partition coefficient (Wildman–Crippen LogP) is 4.98. The van der Waals surface area contributed by atoms with E-state index in [1.54, 1.807) is 24.3 Å². The van der Waals surface area contributed by atoms with Crippen molar-refractivity contribution >= 4 is 34.6 Å². The lowest BCUT2D eigenvalue weighted by Crippen LogP contribution is -2.33. The Balaban J connectivity index is 1.59. The van der Waals surface area contributed by atoms with Crippen LogP contribution in [-0.4, -0.2) is 37.4 Å². The summed E-state index contributed by atoms with van der Waals surface area (Å²) in [5.41, 5.74) is 4.05. The van der Waals surface area contributed by atoms with E-state index in [0.717, 1.165) is 35.6 Å². The summed E-state index contributed by atoms with van der Waals surface area (Å²) in [5, 5.41) is 7.87. The minimum Gasteiger partial charge on any atom is -0.487 e. The van der Waals surface area contributed by atoms with Crippen LogP contribution in [0.1, 0.15) is 6.42 Å². The second-order valence-corrected chi connectivity index (χ2v) is 7.38. The van der Waals surface area contributed by atoms with E-state index in [1.807, 2.05) is 18.1 Å². The van der Waals surface area contributed by atoms with Gasteiger partial charge in [0, 0.05) is 30.6 Å². The molecule has 4 rings (SSSR count). The van der Waals surface area contributed by atoms with Crippen molar-refractivity contribution in [3.05, 3.63) is 69.6 Å². The average Bonchev–Trinajstić information content (AvgIpc) is 3.08. The molecule has 2 aromatic rings. The predicted molar refractivity (Wildman–Crippen MR) is 107 cm³/mol. The molecule has 7 heteroatoms. The molecule has 0 aliphatic carbocycles. The Morgan fingerprint density at radius 1 is 1.15 bits per heavy atom. The fourth-order valence-electron chi connectivity index (χ4n) is 3.28. The van der Waals surface area contributed by atoms with Crippen molar-refractivity contribution in [2.45, 2.75) is 6.42 Å². The van der Waals surface area contributed by atoms with Crippen molar-refractivity contribution in [1.82, 2.24) is 4.90 Å². The maximum atomic E-state index is 13.1. The van der Waals surface area contributed by atoms with Crippen LogP contribution in [0.15, 0.2) is 58.8 Å². The third kappa shape index (κ3) is 3.75. The molecule has 0 saturated carbocycles. The van der Waals surface area contributed by atoms with E-state index < -0.39 is 0 Å². The Kier molecular flexibility index (Phi) is 4.98. The molecule has 0 bridgehead atoms. The molecule has 0 aromatic heterocycles. The summed E-state index contributed by atoms with van der Waals surface area (Å²) in [7, 11) is 2.04. The molecule has 140 valence electrons. The van der Waals surface area contributed by atoms with Crippen molar-refractivity contribution in [2.75, 3.05) is 31.8 Å². The Hall–Kier alpha value is -2.24. The van der Waals surface area contributed by atoms with Gasteiger partial charge in [-0.05, 0) is 42.5 Å². The molecule has 0 N–H and O–H groups in total. The van der Waals surface area contributed by atoms with Crippen LogP contribution in [0.2, 0.25) is 10.0 Å². The van der Waals surface area contributed by atoms with Crippen LogP contribution < -0.4 is 9.75 Å². The van der Waals surface area contributed by atoms with Gasteiger partial charge in [-0.3, -0.25) is 5.01 Å². The fraction of sp³-hybridized carbons (Fsp3) is 0.250. The van der Waals surface area contributed by atoms with Gasteiger partial charge in [0.1, 0.15) is 18.2 Å². The smallest absolute Gasteiger partial charge is 0.128 e. The molecular weight excluding hydrogens is 388 g/mol. The van der Waals surface area contributed by atoms with Gasteiger partial charge in [-0.25, -0.2) is 4.39 Å². The standard InChI is InChI=1S/C20H18Cl2FN3O/c1-25-9-8-18-16(20(25)12-27-15-5-3-14(23)4-6-15)11-26(24-18)19-10-13(21)2-7-17(19)22/h2-7,10H,8-9,11-12H2,1H3. The Labute approximate surface area is 167 Å². The van der Waals surface area contributed by atoms with Crippen molar-refractivity contribution in [1.29, 1.82) is 0 Å². The summed E-state index contributed by atoms with van der Waals surface area (Å²) in [6, 6.07) is 11.4. The zero-order valence-electron chi connectivity index (χ0n) is 14.8. The van der Waals surface area contributed by atoms with Crippen LogP contribution >= 0.6 is 23.2 Å². The zero-order chi connectivity index (χ0) is 19.0. The minimum absolute atomic E-state index is 0.279. The molecule has 4 nitrogen and oxygen atoms in total. The summed E-state index contributed by atoms with van der Waals surface area (Å²) in [6.07, 6.45) is 0.862. The summed E-state index contributed by atoms with van der Waals surface area (Å²) < 4.78 is 18.9. The van der Waals surface area contributed by atoms with Crippen molar-refractivity contribution in [3.8, 4) is 5.75 Å². The van der Waals surface area contributed by atoms with Crippen LogP contribution in [-0.2, 0) is 0 Å². The molecule has 0 amide bonds. The molecule has 2 aliphatic heterocycles. The van der Waals surface area contributed by atoms with Gasteiger partial charge in [-0.1, -0.05) is 23.2 Å². The summed E-state index contributed by atoms with van der Waals surface area (Å²) in [6.45, 7) is 1.87. The number of hydrogen-bond donors (Lipinski definition) is 0. The highest BCUT2D eigenvalue weighted by Crippen LogP contribution is 2.34. The molecule has 0 atom stereocenters. The van der Waals surface area contributed by atoms with Gasteiger partial charge in [0.25, 0.3) is 0 Å². The van der Waals surface area contributed by atoms with E-state index in [9.17, 15) is 4.39 Å². The number of hydrazone groups is 1. The van der Waals surface area contributed by atoms with Crippen LogP contribution in [0.3, 0.4) is 0 Å². The normalized spacial score (nSPS) is 16.5. The molecule has 0 fully saturated rings. The maximum Gasteiger partial charge on any atom is 0.128 e. The molecule has 0 radical (unpaired) electrons. The summed E-state index contributed by atoms with van der Waals surface area (Å²) >= 11 is 12.5. The molecule has 2 heterocycles. The van der Waals surface area contributed by atoms with Crippen LogP contribution in [0, 0.1) is 5.82 Å². The Morgan fingerprint density at radius 2 is 1.93 bits per heavy atom. The number of halogens is 3. The molecule has 0 unspecified atom stereocenters. The number of ether oxygens (including phenoxy) is 1. The zero-order valence-corrected chi connectivity index (χ0v) is 16.3. The largest absolute Gasteiger partial charge is 0.487 e. The fourth-order valence-corrected chi connectivity index (χ4v) is 3.66. The lowest BCUT2D eigenvalue weighted by atomic mass is 10.0. The number of rotatable bonds is 4. The van der Waals surface area contributed by atoms with Crippen LogP contribution in [0.4, 0.5) is 10.1 Å². The number of fused-ring (bicyclic) bond motifs is 1. The van der Waals surface area contributed by atoms with E-state index in [-0.39, 0.29) is 5.82 Å². The molecule has 0 saturated heterocycles. The van der Waals surface area contributed by atoms with Crippen LogP contribution in [0.5, 0.6) is 5.75 Å². The number of benzene rings is 2. The molecule has 2 aliphatic rings. The van der Waals surface area contributed by atoms with E-state index in [0.29, 0.717) is 28.9 Å². The molecular formula is C20H18Cl2FN3O. The third-order valence-corrected chi connectivity index (χ3v) is 5.32. The first-order valence-corrected chi connectivity index (χ1v) is 9.39. The van der Waals surface area contributed by atoms with Gasteiger partial charge in [-0.15, -0.1) is 0 Å². The molecule has 27 heavy (non-hydrogen) atoms. The highest BCUT2D eigenvalue weighted by molar-refractivity contribution is 6.35. The van der Waals surface area contributed by atoms with Gasteiger partial charge in [0.15, 0.2) is 0 Å². The minimum atomic E-state index is -0.279. The number of anilines is 1. The first-order valence-electron chi connectivity index (χ1n) is 8.63. The van der Waals surface area contributed by atoms with Crippen molar-refractivity contribution in [3.63, 3.8) is 0 Å². The van der Waals surface area contributed by atoms with Crippen molar-refractivity contribution in [2.24, 2.45) is 5.10 Å². The highest BCUT2D eigenvalue weighted by Gasteiger charge is 2.30. The highest BCUT2D eigenvalue weighted by atomic mass is 35.5. The number of hydrogen-bond acceptors (Lipinski definition) is 4. The number of likely N-dealkylation sites (N-methyl/N-ethyl adjacent to an activating group) is 1. The van der Waals surface area contributed by atoms with Gasteiger partial charge >= 0.3 is 0 Å². The van der Waals surface area contributed by atoms with E-state index in [2.05, 4.69) is 4.90 Å². The van der Waals surface area contributed by atoms with E-state index >= 15 is 0 Å². The SMILES string of the molecule is CN1CCC2=NN(c3cc(Cl)ccc3Cl)CC2=C1COc1ccc(F)cc1. The Morgan fingerprint density at radius 3 is 2.70 bits per heavy atom. The second kappa shape index (κ2) is 7.41. The number of nitrogens with zero attached hydrogens (tertiary/aromatic N) is 3. The average molecular weight is 406 g/mol. The molecule has 2 aromatic carbocycles. The van der Waals surface area contributed by atoms with Gasteiger partial charge in [-0.2, -0.15) is 5.10 Å². The monoisotopic (exact) mass is 405 g/mol. The van der Waals surface area contributed by atoms with Gasteiger partial charge in [0.05, 0.1) is 28.7 Å². The first kappa shape index (κ1) is 18.1. The quantitative estimate of drug-likeness (QED) is 0.717. The second-order valence-electron chi connectivity index (χ2n) is 6.54.